The lowest BCUT2D eigenvalue weighted by Gasteiger charge is -2.13. The third kappa shape index (κ3) is 21.9. The van der Waals surface area contributed by atoms with E-state index in [9.17, 15) is 0 Å². The third-order valence-electron chi connectivity index (χ3n) is 5.08. The van der Waals surface area contributed by atoms with Gasteiger partial charge in [-0.05, 0) is 37.5 Å². The highest BCUT2D eigenvalue weighted by molar-refractivity contribution is 4.59. The molecule has 0 aliphatic carbocycles. The summed E-state index contributed by atoms with van der Waals surface area (Å²) >= 11 is 0. The maximum Gasteiger partial charge on any atom is 0.0433 e. The minimum atomic E-state index is 0.258. The molecule has 4 heteroatoms. The van der Waals surface area contributed by atoms with E-state index in [-0.39, 0.29) is 26.4 Å². The summed E-state index contributed by atoms with van der Waals surface area (Å²) < 4.78 is 0. The Balaban J connectivity index is 0. The molecule has 0 saturated heterocycles. The summed E-state index contributed by atoms with van der Waals surface area (Å²) in [4.78, 5) is 0. The molecule has 0 amide bonds. The number of unbranched alkanes of at least 4 members (excludes halogenated alkanes) is 6. The van der Waals surface area contributed by atoms with Gasteiger partial charge in [-0.3, -0.25) is 0 Å². The average Bonchev–Trinajstić information content (AvgIpc) is 2.64. The van der Waals surface area contributed by atoms with Crippen LogP contribution in [0.3, 0.4) is 0 Å². The van der Waals surface area contributed by atoms with Gasteiger partial charge in [-0.15, -0.1) is 0 Å². The van der Waals surface area contributed by atoms with Crippen molar-refractivity contribution in [3.8, 4) is 0 Å². The predicted molar refractivity (Wildman–Crippen MR) is 111 cm³/mol. The van der Waals surface area contributed by atoms with Crippen LogP contribution in [0.4, 0.5) is 0 Å². The highest BCUT2D eigenvalue weighted by Gasteiger charge is 2.07. The maximum absolute atomic E-state index is 8.85. The summed E-state index contributed by atoms with van der Waals surface area (Å²) in [6, 6.07) is 0. The van der Waals surface area contributed by atoms with E-state index < -0.39 is 0 Å². The van der Waals surface area contributed by atoms with Crippen molar-refractivity contribution in [1.29, 1.82) is 0 Å². The topological polar surface area (TPSA) is 80.9 Å². The van der Waals surface area contributed by atoms with Gasteiger partial charge in [-0.1, -0.05) is 78.1 Å². The predicted octanol–water partition coefficient (Wildman–Crippen LogP) is 4.68. The van der Waals surface area contributed by atoms with Crippen LogP contribution in [0.2, 0.25) is 0 Å². The Kier molecular flexibility index (Phi) is 26.8. The molecule has 4 N–H and O–H groups in total. The summed E-state index contributed by atoms with van der Waals surface area (Å²) in [5, 5.41) is 35.1. The molecule has 0 aliphatic rings. The number of hydrogen-bond acceptors (Lipinski definition) is 4. The fraction of sp³-hybridized carbons (Fsp3) is 1.00. The molecule has 26 heavy (non-hydrogen) atoms. The first-order valence-electron chi connectivity index (χ1n) is 11.1. The molecule has 0 fully saturated rings. The molecule has 0 bridgehead atoms. The van der Waals surface area contributed by atoms with E-state index in [0.29, 0.717) is 11.8 Å². The van der Waals surface area contributed by atoms with Crippen LogP contribution in [0.5, 0.6) is 0 Å². The van der Waals surface area contributed by atoms with Crippen LogP contribution >= 0.6 is 0 Å². The highest BCUT2D eigenvalue weighted by atomic mass is 16.3. The zero-order valence-electron chi connectivity index (χ0n) is 17.7. The molecular formula is C22H48O4. The number of rotatable bonds is 18. The quantitative estimate of drug-likeness (QED) is 0.262. The normalized spacial score (nSPS) is 11.1. The second-order valence-corrected chi connectivity index (χ2v) is 7.48. The van der Waals surface area contributed by atoms with Gasteiger partial charge in [-0.25, -0.2) is 0 Å². The van der Waals surface area contributed by atoms with Crippen LogP contribution in [0, 0.1) is 11.8 Å². The van der Waals surface area contributed by atoms with Gasteiger partial charge in [0, 0.05) is 26.4 Å². The van der Waals surface area contributed by atoms with Crippen LogP contribution < -0.4 is 0 Å². The number of hydrogen-bond donors (Lipinski definition) is 4. The minimum Gasteiger partial charge on any atom is -0.396 e. The molecule has 0 rings (SSSR count). The Labute approximate surface area is 163 Å². The molecule has 0 spiro atoms. The van der Waals surface area contributed by atoms with E-state index in [0.717, 1.165) is 32.1 Å². The average molecular weight is 377 g/mol. The van der Waals surface area contributed by atoms with Crippen LogP contribution in [-0.4, -0.2) is 46.9 Å². The van der Waals surface area contributed by atoms with E-state index in [1.165, 1.54) is 57.8 Å². The molecule has 0 saturated carbocycles. The molecule has 4 nitrogen and oxygen atoms in total. The molecule has 0 aromatic heterocycles. The lowest BCUT2D eigenvalue weighted by atomic mass is 9.95. The van der Waals surface area contributed by atoms with Crippen molar-refractivity contribution in [2.45, 2.75) is 104 Å². The molecule has 0 radical (unpaired) electrons. The van der Waals surface area contributed by atoms with Crippen molar-refractivity contribution >= 4 is 0 Å². The van der Waals surface area contributed by atoms with Crippen LogP contribution in [-0.2, 0) is 0 Å². The Bertz CT molecular complexity index is 224. The van der Waals surface area contributed by atoms with Gasteiger partial charge in [0.25, 0.3) is 0 Å². The molecule has 0 aromatic carbocycles. The van der Waals surface area contributed by atoms with E-state index in [4.69, 9.17) is 20.4 Å². The minimum absolute atomic E-state index is 0.258. The van der Waals surface area contributed by atoms with Gasteiger partial charge < -0.3 is 20.4 Å². The monoisotopic (exact) mass is 376 g/mol. The summed E-state index contributed by atoms with van der Waals surface area (Å²) in [6.45, 7) is 5.44. The maximum atomic E-state index is 8.85. The zero-order valence-corrected chi connectivity index (χ0v) is 17.7. The smallest absolute Gasteiger partial charge is 0.0433 e. The Morgan fingerprint density at radius 2 is 0.769 bits per heavy atom. The fourth-order valence-corrected chi connectivity index (χ4v) is 3.30. The van der Waals surface area contributed by atoms with Crippen molar-refractivity contribution in [1.82, 2.24) is 0 Å². The van der Waals surface area contributed by atoms with Gasteiger partial charge in [-0.2, -0.15) is 0 Å². The fourth-order valence-electron chi connectivity index (χ4n) is 3.30. The Morgan fingerprint density at radius 3 is 1.15 bits per heavy atom. The van der Waals surface area contributed by atoms with Crippen LogP contribution in [0.25, 0.3) is 0 Å². The van der Waals surface area contributed by atoms with Crippen LogP contribution in [0.15, 0.2) is 0 Å². The lowest BCUT2D eigenvalue weighted by molar-refractivity contribution is 0.207. The van der Waals surface area contributed by atoms with E-state index in [1.807, 2.05) is 0 Å². The second kappa shape index (κ2) is 24.8. The van der Waals surface area contributed by atoms with Crippen molar-refractivity contribution in [3.63, 3.8) is 0 Å². The summed E-state index contributed by atoms with van der Waals surface area (Å²) in [7, 11) is 0. The number of aliphatic hydroxyl groups excluding tert-OH is 4. The summed E-state index contributed by atoms with van der Waals surface area (Å²) in [6.07, 6.45) is 16.1. The van der Waals surface area contributed by atoms with Crippen LogP contribution in [0.1, 0.15) is 104 Å². The van der Waals surface area contributed by atoms with Crippen molar-refractivity contribution < 1.29 is 20.4 Å². The van der Waals surface area contributed by atoms with Crippen molar-refractivity contribution in [2.75, 3.05) is 26.4 Å². The van der Waals surface area contributed by atoms with Gasteiger partial charge in [0.15, 0.2) is 0 Å². The summed E-state index contributed by atoms with van der Waals surface area (Å²) in [5.74, 6) is 1.07. The molecular weight excluding hydrogens is 328 g/mol. The van der Waals surface area contributed by atoms with Crippen molar-refractivity contribution in [2.24, 2.45) is 11.8 Å². The van der Waals surface area contributed by atoms with E-state index in [1.54, 1.807) is 0 Å². The van der Waals surface area contributed by atoms with Crippen molar-refractivity contribution in [3.05, 3.63) is 0 Å². The van der Waals surface area contributed by atoms with Gasteiger partial charge >= 0.3 is 0 Å². The number of aliphatic hydroxyl groups is 4. The SMILES string of the molecule is CCCCC(CCO)CCO.CCCCCCCCC(CCO)CCO. The molecule has 0 atom stereocenters. The molecule has 0 aliphatic heterocycles. The zero-order chi connectivity index (χ0) is 19.9. The first-order chi connectivity index (χ1) is 12.7. The largest absolute Gasteiger partial charge is 0.396 e. The van der Waals surface area contributed by atoms with Gasteiger partial charge in [0.2, 0.25) is 0 Å². The molecule has 160 valence electrons. The highest BCUT2D eigenvalue weighted by Crippen LogP contribution is 2.18. The van der Waals surface area contributed by atoms with Gasteiger partial charge in [0.05, 0.1) is 0 Å². The first-order valence-corrected chi connectivity index (χ1v) is 11.1. The first kappa shape index (κ1) is 28.1. The molecule has 0 heterocycles. The lowest BCUT2D eigenvalue weighted by Crippen LogP contribution is -2.05. The summed E-state index contributed by atoms with van der Waals surface area (Å²) in [5.41, 5.74) is 0. The van der Waals surface area contributed by atoms with E-state index in [2.05, 4.69) is 13.8 Å². The Hall–Kier alpha value is -0.160. The Morgan fingerprint density at radius 1 is 0.423 bits per heavy atom. The second-order valence-electron chi connectivity index (χ2n) is 7.48. The standard InChI is InChI=1S/C13H28O2.C9H20O2/c1-2-3-4-5-6-7-8-13(9-11-14)10-12-15;1-2-3-4-9(5-7-10)6-8-11/h13-15H,2-12H2,1H3;9-11H,2-8H2,1H3. The molecule has 0 aromatic rings. The molecule has 0 unspecified atom stereocenters. The van der Waals surface area contributed by atoms with Gasteiger partial charge in [0.1, 0.15) is 0 Å². The van der Waals surface area contributed by atoms with E-state index >= 15 is 0 Å². The third-order valence-corrected chi connectivity index (χ3v) is 5.08.